The van der Waals surface area contributed by atoms with Gasteiger partial charge < -0.3 is 29.4 Å². The van der Waals surface area contributed by atoms with Gasteiger partial charge in [-0.25, -0.2) is 0 Å². The number of rotatable bonds is 4. The number of ether oxygens (including phenoxy) is 2. The molecule has 2 aromatic carbocycles. The van der Waals surface area contributed by atoms with Crippen LogP contribution in [0.3, 0.4) is 0 Å². The Morgan fingerprint density at radius 1 is 1.10 bits per heavy atom. The molecule has 0 radical (unpaired) electrons. The highest BCUT2D eigenvalue weighted by molar-refractivity contribution is 6.16. The van der Waals surface area contributed by atoms with Crippen LogP contribution in [0.2, 0.25) is 0 Å². The average molecular weight is 408 g/mol. The Bertz CT molecular complexity index is 1250. The lowest BCUT2D eigenvalue weighted by Gasteiger charge is -2.18. The first-order chi connectivity index (χ1) is 14.5. The second-order valence-electron chi connectivity index (χ2n) is 7.84. The summed E-state index contributed by atoms with van der Waals surface area (Å²) >= 11 is 0. The first kappa shape index (κ1) is 19.4. The zero-order valence-corrected chi connectivity index (χ0v) is 16.8. The maximum absolute atomic E-state index is 10.3. The van der Waals surface area contributed by atoms with Gasteiger partial charge >= 0.3 is 0 Å². The summed E-state index contributed by atoms with van der Waals surface area (Å²) in [4.78, 5) is 4.32. The van der Waals surface area contributed by atoms with E-state index in [1.165, 1.54) is 0 Å². The molecule has 0 amide bonds. The maximum Gasteiger partial charge on any atom is 0.187 e. The Morgan fingerprint density at radius 3 is 2.67 bits per heavy atom. The number of aliphatic hydroxyl groups is 3. The van der Waals surface area contributed by atoms with Crippen LogP contribution in [0.25, 0.3) is 32.6 Å². The highest BCUT2D eigenvalue weighted by Gasteiger charge is 2.43. The molecule has 5 rings (SSSR count). The van der Waals surface area contributed by atoms with E-state index in [9.17, 15) is 15.3 Å². The van der Waals surface area contributed by atoms with Gasteiger partial charge in [-0.3, -0.25) is 4.98 Å². The normalized spacial score (nSPS) is 24.4. The van der Waals surface area contributed by atoms with Crippen molar-refractivity contribution in [2.24, 2.45) is 7.05 Å². The minimum absolute atomic E-state index is 0.166. The summed E-state index contributed by atoms with van der Waals surface area (Å²) in [6.07, 6.45) is -0.678. The summed E-state index contributed by atoms with van der Waals surface area (Å²) in [6.45, 7) is 1.89. The van der Waals surface area contributed by atoms with Crippen molar-refractivity contribution in [1.29, 1.82) is 0 Å². The van der Waals surface area contributed by atoms with Crippen LogP contribution in [0.5, 0.6) is 0 Å². The van der Waals surface area contributed by atoms with Gasteiger partial charge in [0.2, 0.25) is 0 Å². The van der Waals surface area contributed by atoms with Crippen molar-refractivity contribution in [2.45, 2.75) is 38.1 Å². The van der Waals surface area contributed by atoms with Gasteiger partial charge in [0.05, 0.1) is 18.7 Å². The largest absolute Gasteiger partial charge is 0.394 e. The number of aryl methyl sites for hydroxylation is 2. The molecule has 3 heterocycles. The Labute approximate surface area is 173 Å². The molecular weight excluding hydrogens is 384 g/mol. The van der Waals surface area contributed by atoms with Gasteiger partial charge in [0, 0.05) is 41.1 Å². The summed E-state index contributed by atoms with van der Waals surface area (Å²) in [5.41, 5.74) is 4.36. The Morgan fingerprint density at radius 2 is 1.90 bits per heavy atom. The molecule has 7 heteroatoms. The van der Waals surface area contributed by atoms with Crippen LogP contribution in [0.15, 0.2) is 42.7 Å². The minimum Gasteiger partial charge on any atom is -0.394 e. The van der Waals surface area contributed by atoms with E-state index in [-0.39, 0.29) is 13.2 Å². The third-order valence-corrected chi connectivity index (χ3v) is 6.20. The number of pyridine rings is 1. The lowest BCUT2D eigenvalue weighted by molar-refractivity contribution is -0.175. The second kappa shape index (κ2) is 7.30. The smallest absolute Gasteiger partial charge is 0.187 e. The first-order valence-corrected chi connectivity index (χ1v) is 9.99. The molecule has 1 aliphatic rings. The fraction of sp³-hybridized carbons (Fsp3) is 0.348. The lowest BCUT2D eigenvalue weighted by Crippen LogP contribution is -2.34. The number of nitrogens with zero attached hydrogens (tertiary/aromatic N) is 2. The molecule has 1 aliphatic heterocycles. The summed E-state index contributed by atoms with van der Waals surface area (Å²) in [5, 5.41) is 33.9. The second-order valence-corrected chi connectivity index (χ2v) is 7.84. The van der Waals surface area contributed by atoms with Crippen molar-refractivity contribution in [1.82, 2.24) is 9.55 Å². The Hall–Kier alpha value is -2.55. The molecule has 0 unspecified atom stereocenters. The van der Waals surface area contributed by atoms with Gasteiger partial charge in [-0.05, 0) is 35.6 Å². The Balaban J connectivity index is 1.68. The van der Waals surface area contributed by atoms with Crippen LogP contribution in [0, 0.1) is 6.92 Å². The lowest BCUT2D eigenvalue weighted by atomic mass is 9.96. The predicted molar refractivity (Wildman–Crippen MR) is 113 cm³/mol. The van der Waals surface area contributed by atoms with E-state index in [0.717, 1.165) is 43.7 Å². The summed E-state index contributed by atoms with van der Waals surface area (Å²) in [5.74, 6) is 0. The van der Waals surface area contributed by atoms with E-state index >= 15 is 0 Å². The number of aromatic nitrogens is 2. The zero-order valence-electron chi connectivity index (χ0n) is 16.8. The van der Waals surface area contributed by atoms with E-state index in [1.54, 1.807) is 6.20 Å². The molecule has 0 aliphatic carbocycles. The molecular formula is C23H24N2O5. The third kappa shape index (κ3) is 2.74. The molecule has 0 saturated carbocycles. The van der Waals surface area contributed by atoms with Crippen molar-refractivity contribution in [3.63, 3.8) is 0 Å². The van der Waals surface area contributed by atoms with Crippen LogP contribution in [-0.4, -0.2) is 56.1 Å². The van der Waals surface area contributed by atoms with E-state index in [0.29, 0.717) is 0 Å². The standard InChI is InChI=1S/C23H24N2O5/c1-12-13-7-8-24-9-15(13)16(11-29-23-22(28)21(27)18(10-26)30-23)19-14-5-3-4-6-17(14)25(2)20(12)19/h3-9,18,21-23,26-28H,10-11H2,1-2H3/t18-,21+,22-,23-/m0/s1. The Kier molecular flexibility index (Phi) is 4.72. The quantitative estimate of drug-likeness (QED) is 0.479. The van der Waals surface area contributed by atoms with E-state index in [1.807, 2.05) is 24.4 Å². The average Bonchev–Trinajstić information content (AvgIpc) is 3.22. The SMILES string of the molecule is Cc1c2ccncc2c(CO[C@H]2O[C@@H](CO)[C@@H](O)[C@@H]2O)c2c3ccccc3n(C)c12. The van der Waals surface area contributed by atoms with E-state index < -0.39 is 24.6 Å². The molecule has 4 atom stereocenters. The topological polar surface area (TPSA) is 97.0 Å². The van der Waals surface area contributed by atoms with Gasteiger partial charge in [-0.1, -0.05) is 18.2 Å². The number of para-hydroxylation sites is 1. The van der Waals surface area contributed by atoms with Gasteiger partial charge in [0.1, 0.15) is 18.3 Å². The van der Waals surface area contributed by atoms with Crippen LogP contribution in [0.4, 0.5) is 0 Å². The van der Waals surface area contributed by atoms with Crippen molar-refractivity contribution < 1.29 is 24.8 Å². The van der Waals surface area contributed by atoms with Crippen LogP contribution in [0.1, 0.15) is 11.1 Å². The van der Waals surface area contributed by atoms with Crippen molar-refractivity contribution in [3.05, 3.63) is 53.9 Å². The van der Waals surface area contributed by atoms with Gasteiger partial charge in [-0.2, -0.15) is 0 Å². The zero-order chi connectivity index (χ0) is 21.0. The van der Waals surface area contributed by atoms with Crippen LogP contribution >= 0.6 is 0 Å². The number of fused-ring (bicyclic) bond motifs is 4. The summed E-state index contributed by atoms with van der Waals surface area (Å²) in [7, 11) is 2.06. The van der Waals surface area contributed by atoms with Crippen molar-refractivity contribution in [2.75, 3.05) is 6.61 Å². The molecule has 7 nitrogen and oxygen atoms in total. The molecule has 2 aromatic heterocycles. The first-order valence-electron chi connectivity index (χ1n) is 9.99. The molecule has 3 N–H and O–H groups in total. The van der Waals surface area contributed by atoms with Crippen LogP contribution < -0.4 is 0 Å². The molecule has 0 bridgehead atoms. The number of benzene rings is 2. The van der Waals surface area contributed by atoms with Crippen molar-refractivity contribution >= 4 is 32.6 Å². The highest BCUT2D eigenvalue weighted by Crippen LogP contribution is 2.39. The van der Waals surface area contributed by atoms with E-state index in [2.05, 4.69) is 35.7 Å². The minimum atomic E-state index is -1.22. The fourth-order valence-electron chi connectivity index (χ4n) is 4.68. The summed E-state index contributed by atoms with van der Waals surface area (Å²) in [6, 6.07) is 10.2. The third-order valence-electron chi connectivity index (χ3n) is 6.20. The molecule has 0 spiro atoms. The number of hydrogen-bond donors (Lipinski definition) is 3. The van der Waals surface area contributed by atoms with Crippen molar-refractivity contribution in [3.8, 4) is 0 Å². The predicted octanol–water partition coefficient (Wildman–Crippen LogP) is 2.14. The van der Waals surface area contributed by atoms with Gasteiger partial charge in [0.15, 0.2) is 6.29 Å². The molecule has 30 heavy (non-hydrogen) atoms. The monoisotopic (exact) mass is 408 g/mol. The maximum atomic E-state index is 10.3. The highest BCUT2D eigenvalue weighted by atomic mass is 16.7. The molecule has 1 fully saturated rings. The number of hydrogen-bond acceptors (Lipinski definition) is 6. The number of aliphatic hydroxyl groups excluding tert-OH is 3. The molecule has 1 saturated heterocycles. The van der Waals surface area contributed by atoms with Gasteiger partial charge in [0.25, 0.3) is 0 Å². The van der Waals surface area contributed by atoms with Gasteiger partial charge in [-0.15, -0.1) is 0 Å². The molecule has 156 valence electrons. The molecule has 4 aromatic rings. The van der Waals surface area contributed by atoms with Crippen LogP contribution in [-0.2, 0) is 23.1 Å². The summed E-state index contributed by atoms with van der Waals surface area (Å²) < 4.78 is 13.6. The van der Waals surface area contributed by atoms with E-state index in [4.69, 9.17) is 9.47 Å². The fourth-order valence-corrected chi connectivity index (χ4v) is 4.68.